The lowest BCUT2D eigenvalue weighted by Gasteiger charge is -2.25. The normalized spacial score (nSPS) is 11.3. The first-order valence-electron chi connectivity index (χ1n) is 11.8. The van der Waals surface area contributed by atoms with Gasteiger partial charge in [0.15, 0.2) is 5.75 Å². The van der Waals surface area contributed by atoms with Gasteiger partial charge in [-0.05, 0) is 41.5 Å². The Labute approximate surface area is 242 Å². The summed E-state index contributed by atoms with van der Waals surface area (Å²) >= 11 is 18.0. The van der Waals surface area contributed by atoms with Gasteiger partial charge >= 0.3 is 6.18 Å². The second-order valence-electron chi connectivity index (χ2n) is 8.72. The number of rotatable bonds is 9. The van der Waals surface area contributed by atoms with Gasteiger partial charge in [-0.3, -0.25) is 4.79 Å². The number of hydrogen-bond acceptors (Lipinski definition) is 5. The maximum absolute atomic E-state index is 13.7. The molecule has 0 aliphatic carbocycles. The molecule has 0 aliphatic heterocycles. The van der Waals surface area contributed by atoms with Gasteiger partial charge in [0.2, 0.25) is 5.88 Å². The van der Waals surface area contributed by atoms with E-state index in [0.29, 0.717) is 21.9 Å². The predicted molar refractivity (Wildman–Crippen MR) is 147 cm³/mol. The van der Waals surface area contributed by atoms with Crippen LogP contribution in [0.3, 0.4) is 0 Å². The van der Waals surface area contributed by atoms with Gasteiger partial charge in [0.1, 0.15) is 12.1 Å². The van der Waals surface area contributed by atoms with Gasteiger partial charge < -0.3 is 14.7 Å². The molecular weight excluding hydrogens is 590 g/mol. The van der Waals surface area contributed by atoms with Crippen LogP contribution >= 0.6 is 34.8 Å². The second-order valence-corrected chi connectivity index (χ2v) is 9.97. The molecule has 1 N–H and O–H groups in total. The van der Waals surface area contributed by atoms with Crippen LogP contribution in [-0.2, 0) is 13.0 Å². The highest BCUT2D eigenvalue weighted by atomic mass is 35.5. The summed E-state index contributed by atoms with van der Waals surface area (Å²) < 4.78 is 46.4. The molecule has 0 fully saturated rings. The van der Waals surface area contributed by atoms with E-state index < -0.39 is 18.6 Å². The van der Waals surface area contributed by atoms with Gasteiger partial charge in [0, 0.05) is 23.6 Å². The standard InChI is InChI=1S/C28H21Cl3F3N3O3/c29-20-8-6-17(7-9-20)10-11-40-26-21(14-24(35-36-26)19-12-22(30)25(38)23(31)13-19)27(39)37(16-28(32,33)34)15-18-4-2-1-3-5-18/h1-9,12-14,38H,10-11,15-16H2. The van der Waals surface area contributed by atoms with Gasteiger partial charge in [-0.15, -0.1) is 10.2 Å². The molecule has 0 saturated heterocycles. The molecule has 1 amide bonds. The van der Waals surface area contributed by atoms with Crippen molar-refractivity contribution in [1.29, 1.82) is 0 Å². The number of ether oxygens (including phenoxy) is 1. The molecule has 0 atom stereocenters. The van der Waals surface area contributed by atoms with E-state index in [1.54, 1.807) is 54.6 Å². The van der Waals surface area contributed by atoms with E-state index in [1.165, 1.54) is 18.2 Å². The van der Waals surface area contributed by atoms with Gasteiger partial charge in [-0.1, -0.05) is 77.3 Å². The number of alkyl halides is 3. The molecule has 0 unspecified atom stereocenters. The third-order valence-corrected chi connectivity index (χ3v) is 6.55. The van der Waals surface area contributed by atoms with Crippen LogP contribution in [0.2, 0.25) is 15.1 Å². The van der Waals surface area contributed by atoms with Crippen LogP contribution < -0.4 is 4.74 Å². The van der Waals surface area contributed by atoms with Crippen LogP contribution in [0.1, 0.15) is 21.5 Å². The Hall–Kier alpha value is -3.53. The van der Waals surface area contributed by atoms with Gasteiger partial charge in [0.25, 0.3) is 5.91 Å². The number of benzene rings is 3. The molecule has 4 aromatic rings. The Balaban J connectivity index is 1.71. The molecule has 1 aromatic heterocycles. The number of phenolic OH excluding ortho intramolecular Hbond substituents is 1. The van der Waals surface area contributed by atoms with Crippen LogP contribution in [0.25, 0.3) is 11.3 Å². The number of phenols is 1. The summed E-state index contributed by atoms with van der Waals surface area (Å²) in [5, 5.41) is 18.4. The van der Waals surface area contributed by atoms with E-state index >= 15 is 0 Å². The lowest BCUT2D eigenvalue weighted by molar-refractivity contribution is -0.141. The van der Waals surface area contributed by atoms with Crippen molar-refractivity contribution in [2.45, 2.75) is 19.1 Å². The van der Waals surface area contributed by atoms with Crippen molar-refractivity contribution in [3.05, 3.63) is 105 Å². The molecule has 6 nitrogen and oxygen atoms in total. The quantitative estimate of drug-likeness (QED) is 0.211. The highest BCUT2D eigenvalue weighted by Gasteiger charge is 2.35. The zero-order valence-electron chi connectivity index (χ0n) is 20.6. The van der Waals surface area contributed by atoms with E-state index in [9.17, 15) is 23.1 Å². The average molecular weight is 611 g/mol. The van der Waals surface area contributed by atoms with E-state index in [1.807, 2.05) is 0 Å². The van der Waals surface area contributed by atoms with Crippen molar-refractivity contribution < 1.29 is 27.8 Å². The Bertz CT molecular complexity index is 1460. The van der Waals surface area contributed by atoms with E-state index in [4.69, 9.17) is 39.5 Å². The number of hydrogen-bond donors (Lipinski definition) is 1. The van der Waals surface area contributed by atoms with Crippen molar-refractivity contribution in [1.82, 2.24) is 15.1 Å². The lowest BCUT2D eigenvalue weighted by atomic mass is 10.1. The maximum atomic E-state index is 13.7. The lowest BCUT2D eigenvalue weighted by Crippen LogP contribution is -2.38. The molecule has 0 radical (unpaired) electrons. The first-order valence-corrected chi connectivity index (χ1v) is 13.0. The summed E-state index contributed by atoms with van der Waals surface area (Å²) in [6, 6.07) is 19.3. The van der Waals surface area contributed by atoms with E-state index in [-0.39, 0.29) is 51.6 Å². The minimum atomic E-state index is -4.67. The summed E-state index contributed by atoms with van der Waals surface area (Å²) in [6.45, 7) is -1.75. The van der Waals surface area contributed by atoms with E-state index in [0.717, 1.165) is 5.56 Å². The van der Waals surface area contributed by atoms with Gasteiger partial charge in [-0.2, -0.15) is 13.2 Å². The molecule has 3 aromatic carbocycles. The highest BCUT2D eigenvalue weighted by Crippen LogP contribution is 2.36. The van der Waals surface area contributed by atoms with Crippen molar-refractivity contribution in [3.63, 3.8) is 0 Å². The number of halogens is 6. The summed E-state index contributed by atoms with van der Waals surface area (Å²) in [5.41, 5.74) is 1.53. The number of carbonyl (C=O) groups is 1. The van der Waals surface area contributed by atoms with Crippen LogP contribution in [0.15, 0.2) is 72.8 Å². The average Bonchev–Trinajstić information content (AvgIpc) is 2.92. The largest absolute Gasteiger partial charge is 0.505 e. The zero-order valence-corrected chi connectivity index (χ0v) is 22.9. The monoisotopic (exact) mass is 609 g/mol. The summed E-state index contributed by atoms with van der Waals surface area (Å²) in [4.78, 5) is 14.3. The maximum Gasteiger partial charge on any atom is 0.406 e. The van der Waals surface area contributed by atoms with Gasteiger partial charge in [-0.25, -0.2) is 0 Å². The molecule has 0 aliphatic rings. The summed E-state index contributed by atoms with van der Waals surface area (Å²) in [7, 11) is 0. The summed E-state index contributed by atoms with van der Waals surface area (Å²) in [5.74, 6) is -1.55. The first-order chi connectivity index (χ1) is 19.0. The SMILES string of the molecule is O=C(c1cc(-c2cc(Cl)c(O)c(Cl)c2)nnc1OCCc1ccc(Cl)cc1)N(Cc1ccccc1)CC(F)(F)F. The fourth-order valence-electron chi connectivity index (χ4n) is 3.80. The predicted octanol–water partition coefficient (Wildman–Crippen LogP) is 7.64. The Kier molecular flexibility index (Phi) is 9.40. The molecule has 0 spiro atoms. The smallest absolute Gasteiger partial charge is 0.406 e. The van der Waals surface area contributed by atoms with Crippen LogP contribution in [0.5, 0.6) is 11.6 Å². The Morgan fingerprint density at radius 1 is 0.900 bits per heavy atom. The number of amides is 1. The molecule has 1 heterocycles. The fraction of sp³-hybridized carbons (Fsp3) is 0.179. The zero-order chi connectivity index (χ0) is 28.9. The van der Waals surface area contributed by atoms with Crippen LogP contribution in [0, 0.1) is 0 Å². The Morgan fingerprint density at radius 2 is 1.55 bits per heavy atom. The number of nitrogens with zero attached hydrogens (tertiary/aromatic N) is 3. The summed E-state index contributed by atoms with van der Waals surface area (Å²) in [6.07, 6.45) is -4.25. The van der Waals surface area contributed by atoms with Crippen molar-refractivity contribution in [2.75, 3.05) is 13.2 Å². The third kappa shape index (κ3) is 7.78. The van der Waals surface area contributed by atoms with Crippen LogP contribution in [-0.4, -0.2) is 45.4 Å². The number of aromatic nitrogens is 2. The molecule has 208 valence electrons. The molecule has 12 heteroatoms. The van der Waals surface area contributed by atoms with Crippen molar-refractivity contribution >= 4 is 40.7 Å². The Morgan fingerprint density at radius 3 is 2.17 bits per heavy atom. The fourth-order valence-corrected chi connectivity index (χ4v) is 4.41. The molecular formula is C28H21Cl3F3N3O3. The topological polar surface area (TPSA) is 75.5 Å². The van der Waals surface area contributed by atoms with E-state index in [2.05, 4.69) is 10.2 Å². The third-order valence-electron chi connectivity index (χ3n) is 5.72. The van der Waals surface area contributed by atoms with Crippen LogP contribution in [0.4, 0.5) is 13.2 Å². The van der Waals surface area contributed by atoms with Crippen molar-refractivity contribution in [3.8, 4) is 22.9 Å². The molecule has 0 saturated carbocycles. The van der Waals surface area contributed by atoms with Gasteiger partial charge in [0.05, 0.1) is 22.3 Å². The van der Waals surface area contributed by atoms with Crippen molar-refractivity contribution in [2.24, 2.45) is 0 Å². The number of carbonyl (C=O) groups excluding carboxylic acids is 1. The minimum Gasteiger partial charge on any atom is -0.505 e. The first kappa shape index (κ1) is 29.5. The minimum absolute atomic E-state index is 0.0603. The number of aromatic hydroxyl groups is 1. The molecule has 4 rings (SSSR count). The highest BCUT2D eigenvalue weighted by molar-refractivity contribution is 6.37. The molecule has 0 bridgehead atoms. The second kappa shape index (κ2) is 12.8. The molecule has 40 heavy (non-hydrogen) atoms.